The van der Waals surface area contributed by atoms with Crippen molar-refractivity contribution >= 4 is 23.4 Å². The molecular weight excluding hydrogens is 412 g/mol. The molecule has 0 unspecified atom stereocenters. The molecule has 8 nitrogen and oxygen atoms in total. The first kappa shape index (κ1) is 22.0. The fraction of sp³-hybridized carbons (Fsp3) is 0.286. The van der Waals surface area contributed by atoms with Gasteiger partial charge in [-0.25, -0.2) is 0 Å². The minimum atomic E-state index is -3.09. The lowest BCUT2D eigenvalue weighted by atomic mass is 10.1. The Kier molecular flexibility index (Phi) is 7.01. The molecule has 31 heavy (non-hydrogen) atoms. The van der Waals surface area contributed by atoms with Crippen molar-refractivity contribution in [1.29, 1.82) is 0 Å². The van der Waals surface area contributed by atoms with E-state index in [1.54, 1.807) is 12.0 Å². The Hall–Kier alpha value is -3.69. The first-order valence-electron chi connectivity index (χ1n) is 9.47. The summed E-state index contributed by atoms with van der Waals surface area (Å²) in [5.41, 5.74) is 0.674. The molecule has 1 amide bonds. The largest absolute Gasteiger partial charge is 0.495 e. The van der Waals surface area contributed by atoms with E-state index in [0.717, 1.165) is 29.6 Å². The molecule has 0 bridgehead atoms. The van der Waals surface area contributed by atoms with Gasteiger partial charge in [0.1, 0.15) is 11.5 Å². The number of nitro benzene ring substituents is 1. The van der Waals surface area contributed by atoms with E-state index in [-0.39, 0.29) is 22.9 Å². The summed E-state index contributed by atoms with van der Waals surface area (Å²) < 4.78 is 35.0. The molecule has 164 valence electrons. The van der Waals surface area contributed by atoms with Gasteiger partial charge in [0.15, 0.2) is 0 Å². The number of para-hydroxylation sites is 2. The summed E-state index contributed by atoms with van der Waals surface area (Å²) in [6, 6.07) is 10.8. The third-order valence-electron chi connectivity index (χ3n) is 4.84. The van der Waals surface area contributed by atoms with Crippen LogP contribution in [0.15, 0.2) is 48.5 Å². The van der Waals surface area contributed by atoms with Crippen LogP contribution in [0.2, 0.25) is 0 Å². The second-order valence-electron chi connectivity index (χ2n) is 6.68. The van der Waals surface area contributed by atoms with Gasteiger partial charge in [-0.2, -0.15) is 8.78 Å². The van der Waals surface area contributed by atoms with Crippen LogP contribution in [0.4, 0.5) is 20.2 Å². The van der Waals surface area contributed by atoms with Gasteiger partial charge in [0, 0.05) is 50.0 Å². The van der Waals surface area contributed by atoms with Gasteiger partial charge in [0.05, 0.1) is 17.7 Å². The fourth-order valence-corrected chi connectivity index (χ4v) is 3.31. The van der Waals surface area contributed by atoms with Crippen molar-refractivity contribution in [2.75, 3.05) is 38.2 Å². The Morgan fingerprint density at radius 2 is 1.84 bits per heavy atom. The molecule has 0 radical (unpaired) electrons. The first-order chi connectivity index (χ1) is 14.9. The van der Waals surface area contributed by atoms with Crippen molar-refractivity contribution in [3.63, 3.8) is 0 Å². The normalized spacial score (nSPS) is 14.2. The number of hydrogen-bond donors (Lipinski definition) is 0. The number of hydrogen-bond acceptors (Lipinski definition) is 6. The van der Waals surface area contributed by atoms with Gasteiger partial charge >= 0.3 is 6.61 Å². The maximum Gasteiger partial charge on any atom is 0.387 e. The molecule has 10 heteroatoms. The zero-order valence-electron chi connectivity index (χ0n) is 16.7. The van der Waals surface area contributed by atoms with E-state index in [0.29, 0.717) is 26.2 Å². The first-order valence-corrected chi connectivity index (χ1v) is 9.47. The standard InChI is InChI=1S/C21H21F2N3O5/c1-30-19-5-3-2-4-17(19)24-10-12-25(13-11-24)20(27)9-6-15-14-16(26(28)29)7-8-18(15)31-21(22)23/h2-9,14,21H,10-13H2,1H3/b9-6+. The number of carbonyl (C=O) groups excluding carboxylic acids is 1. The van der Waals surface area contributed by atoms with E-state index in [2.05, 4.69) is 9.64 Å². The van der Waals surface area contributed by atoms with E-state index in [4.69, 9.17) is 4.74 Å². The zero-order chi connectivity index (χ0) is 22.4. The number of non-ortho nitro benzene ring substituents is 1. The van der Waals surface area contributed by atoms with Gasteiger partial charge in [-0.05, 0) is 24.3 Å². The lowest BCUT2D eigenvalue weighted by Gasteiger charge is -2.36. The maximum atomic E-state index is 12.6. The molecule has 1 aliphatic heterocycles. The Morgan fingerprint density at radius 3 is 2.48 bits per heavy atom. The summed E-state index contributed by atoms with van der Waals surface area (Å²) in [5, 5.41) is 11.0. The minimum Gasteiger partial charge on any atom is -0.495 e. The number of alkyl halides is 2. The number of methoxy groups -OCH3 is 1. The summed E-state index contributed by atoms with van der Waals surface area (Å²) in [6.07, 6.45) is 2.45. The molecule has 0 aliphatic carbocycles. The average Bonchev–Trinajstić information content (AvgIpc) is 2.77. The number of ether oxygens (including phenoxy) is 2. The highest BCUT2D eigenvalue weighted by molar-refractivity contribution is 5.92. The predicted octanol–water partition coefficient (Wildman–Crippen LogP) is 3.57. The maximum absolute atomic E-state index is 12.6. The Labute approximate surface area is 177 Å². The van der Waals surface area contributed by atoms with Crippen molar-refractivity contribution in [2.45, 2.75) is 6.61 Å². The third-order valence-corrected chi connectivity index (χ3v) is 4.84. The molecule has 2 aromatic carbocycles. The molecular formula is C21H21F2N3O5. The van der Waals surface area contributed by atoms with Crippen molar-refractivity contribution in [3.8, 4) is 11.5 Å². The van der Waals surface area contributed by atoms with Gasteiger partial charge in [-0.15, -0.1) is 0 Å². The predicted molar refractivity (Wildman–Crippen MR) is 111 cm³/mol. The lowest BCUT2D eigenvalue weighted by molar-refractivity contribution is -0.384. The Bertz CT molecular complexity index is 975. The number of benzene rings is 2. The summed E-state index contributed by atoms with van der Waals surface area (Å²) in [5.74, 6) is 0.180. The van der Waals surface area contributed by atoms with Crippen LogP contribution in [0.3, 0.4) is 0 Å². The molecule has 0 aromatic heterocycles. The van der Waals surface area contributed by atoms with Crippen molar-refractivity contribution in [2.24, 2.45) is 0 Å². The molecule has 0 atom stereocenters. The molecule has 1 fully saturated rings. The van der Waals surface area contributed by atoms with Gasteiger partial charge in [0.2, 0.25) is 5.91 Å². The number of nitrogens with zero attached hydrogens (tertiary/aromatic N) is 3. The number of amides is 1. The van der Waals surface area contributed by atoms with E-state index in [1.165, 1.54) is 12.2 Å². The lowest BCUT2D eigenvalue weighted by Crippen LogP contribution is -2.48. The van der Waals surface area contributed by atoms with Gasteiger partial charge in [-0.3, -0.25) is 14.9 Å². The SMILES string of the molecule is COc1ccccc1N1CCN(C(=O)/C=C/c2cc([N+](=O)[O-])ccc2OC(F)F)CC1. The molecule has 1 saturated heterocycles. The highest BCUT2D eigenvalue weighted by Gasteiger charge is 2.22. The highest BCUT2D eigenvalue weighted by Crippen LogP contribution is 2.29. The van der Waals surface area contributed by atoms with Crippen LogP contribution >= 0.6 is 0 Å². The van der Waals surface area contributed by atoms with Crippen LogP contribution in [0.5, 0.6) is 11.5 Å². The zero-order valence-corrected chi connectivity index (χ0v) is 16.7. The number of halogens is 2. The average molecular weight is 433 g/mol. The van der Waals surface area contributed by atoms with Gasteiger partial charge in [-0.1, -0.05) is 12.1 Å². The number of carbonyl (C=O) groups is 1. The number of anilines is 1. The van der Waals surface area contributed by atoms with Crippen LogP contribution in [-0.4, -0.2) is 55.6 Å². The van der Waals surface area contributed by atoms with Crippen molar-refractivity contribution in [1.82, 2.24) is 4.90 Å². The third kappa shape index (κ3) is 5.47. The molecule has 3 rings (SSSR count). The number of nitro groups is 1. The number of piperazine rings is 1. The highest BCUT2D eigenvalue weighted by atomic mass is 19.3. The number of rotatable bonds is 7. The molecule has 0 saturated carbocycles. The Balaban J connectivity index is 1.68. The van der Waals surface area contributed by atoms with Crippen molar-refractivity contribution in [3.05, 3.63) is 64.2 Å². The van der Waals surface area contributed by atoms with Crippen LogP contribution in [-0.2, 0) is 4.79 Å². The van der Waals surface area contributed by atoms with Gasteiger partial charge in [0.25, 0.3) is 5.69 Å². The summed E-state index contributed by atoms with van der Waals surface area (Å²) >= 11 is 0. The van der Waals surface area contributed by atoms with Crippen molar-refractivity contribution < 1.29 is 28.0 Å². The van der Waals surface area contributed by atoms with Crippen LogP contribution < -0.4 is 14.4 Å². The summed E-state index contributed by atoms with van der Waals surface area (Å²) in [7, 11) is 1.60. The van der Waals surface area contributed by atoms with Crippen LogP contribution in [0.25, 0.3) is 6.08 Å². The second-order valence-corrected chi connectivity index (χ2v) is 6.68. The smallest absolute Gasteiger partial charge is 0.387 e. The quantitative estimate of drug-likeness (QED) is 0.377. The molecule has 2 aromatic rings. The van der Waals surface area contributed by atoms with Gasteiger partial charge < -0.3 is 19.3 Å². The monoisotopic (exact) mass is 433 g/mol. The van der Waals surface area contributed by atoms with E-state index >= 15 is 0 Å². The Morgan fingerprint density at radius 1 is 1.13 bits per heavy atom. The minimum absolute atomic E-state index is 0.0236. The molecule has 0 spiro atoms. The summed E-state index contributed by atoms with van der Waals surface area (Å²) in [4.78, 5) is 26.6. The summed E-state index contributed by atoms with van der Waals surface area (Å²) in [6.45, 7) is -0.993. The van der Waals surface area contributed by atoms with E-state index in [1.807, 2.05) is 24.3 Å². The fourth-order valence-electron chi connectivity index (χ4n) is 3.31. The van der Waals surface area contributed by atoms with E-state index in [9.17, 15) is 23.7 Å². The molecule has 1 aliphatic rings. The van der Waals surface area contributed by atoms with Crippen LogP contribution in [0, 0.1) is 10.1 Å². The molecule has 1 heterocycles. The van der Waals surface area contributed by atoms with Crippen LogP contribution in [0.1, 0.15) is 5.56 Å². The van der Waals surface area contributed by atoms with E-state index < -0.39 is 11.5 Å². The second kappa shape index (κ2) is 9.88. The topological polar surface area (TPSA) is 85.2 Å². The molecule has 0 N–H and O–H groups in total.